The van der Waals surface area contributed by atoms with Crippen molar-refractivity contribution in [1.82, 2.24) is 25.4 Å². The molecule has 0 unspecified atom stereocenters. The molecule has 4 N–H and O–H groups in total. The fourth-order valence-electron chi connectivity index (χ4n) is 5.54. The summed E-state index contributed by atoms with van der Waals surface area (Å²) < 4.78 is 2.09. The maximum Gasteiger partial charge on any atom is 0.331 e. The number of aryl methyl sites for hydroxylation is 1. The van der Waals surface area contributed by atoms with E-state index in [0.717, 1.165) is 23.0 Å². The Morgan fingerprint density at radius 1 is 1.07 bits per heavy atom. The number of fused-ring (bicyclic) bond motifs is 1. The maximum absolute atomic E-state index is 14.0. The maximum atomic E-state index is 14.0. The number of carboxylic acid groups (broad SMARTS) is 1. The lowest BCUT2D eigenvalue weighted by Crippen LogP contribution is -2.61. The molecule has 1 aromatic carbocycles. The van der Waals surface area contributed by atoms with Gasteiger partial charge in [0, 0.05) is 48.7 Å². The van der Waals surface area contributed by atoms with Crippen molar-refractivity contribution in [1.29, 1.82) is 0 Å². The van der Waals surface area contributed by atoms with Crippen molar-refractivity contribution >= 4 is 28.7 Å². The number of aliphatic carboxylic acids is 1. The first-order valence-corrected chi connectivity index (χ1v) is 14.3. The molecule has 1 aromatic heterocycles. The van der Waals surface area contributed by atoms with Gasteiger partial charge in [-0.25, -0.2) is 4.79 Å². The number of amides is 2. The Hall–Kier alpha value is -3.17. The molecule has 9 heteroatoms. The van der Waals surface area contributed by atoms with E-state index in [9.17, 15) is 19.5 Å². The van der Waals surface area contributed by atoms with Crippen molar-refractivity contribution in [2.45, 2.75) is 85.5 Å². The first kappa shape index (κ1) is 34.0. The number of rotatable bonds is 12. The summed E-state index contributed by atoms with van der Waals surface area (Å²) in [4.78, 5) is 41.0. The summed E-state index contributed by atoms with van der Waals surface area (Å²) in [7, 11) is 7.36. The Kier molecular flexibility index (Phi) is 11.0. The van der Waals surface area contributed by atoms with Crippen molar-refractivity contribution in [2.24, 2.45) is 18.4 Å². The molecule has 0 bridgehead atoms. The van der Waals surface area contributed by atoms with Crippen LogP contribution in [-0.4, -0.2) is 71.6 Å². The Morgan fingerprint density at radius 3 is 2.17 bits per heavy atom. The number of nitrogens with one attached hydrogen (secondary N) is 3. The number of benzene rings is 1. The van der Waals surface area contributed by atoms with Crippen LogP contribution in [0.25, 0.3) is 10.9 Å². The van der Waals surface area contributed by atoms with Crippen molar-refractivity contribution in [3.63, 3.8) is 0 Å². The van der Waals surface area contributed by atoms with Crippen LogP contribution in [-0.2, 0) is 33.4 Å². The average Bonchev–Trinajstić information content (AvgIpc) is 3.21. The van der Waals surface area contributed by atoms with Gasteiger partial charge in [-0.2, -0.15) is 0 Å². The standard InChI is InChI=1S/C32H51N5O4/c1-19(2)24(15-20(3)30(40)41)37(12)29(39)27(31(4,5)6)35-28(38)26(34-10)32(7,8)23-18-36(11)25-16-21(17-33-9)13-14-22(23)25/h13-16,18-19,24,26-27,33-34H,17H2,1-12H3,(H,35,38)(H,40,41)/b20-15+/t24-,26-,27-/m1/s1. The lowest BCUT2D eigenvalue weighted by Gasteiger charge is -2.39. The summed E-state index contributed by atoms with van der Waals surface area (Å²) in [5, 5.41) is 20.0. The van der Waals surface area contributed by atoms with Crippen LogP contribution in [0.2, 0.25) is 0 Å². The zero-order valence-corrected chi connectivity index (χ0v) is 27.0. The van der Waals surface area contributed by atoms with Gasteiger partial charge in [0.25, 0.3) is 0 Å². The molecule has 0 aliphatic heterocycles. The zero-order chi connectivity index (χ0) is 31.4. The predicted octanol–water partition coefficient (Wildman–Crippen LogP) is 3.81. The Labute approximate surface area is 245 Å². The highest BCUT2D eigenvalue weighted by atomic mass is 16.4. The van der Waals surface area contributed by atoms with E-state index in [1.807, 2.05) is 62.6 Å². The van der Waals surface area contributed by atoms with Gasteiger partial charge < -0.3 is 30.5 Å². The Bertz CT molecular complexity index is 1280. The van der Waals surface area contributed by atoms with Gasteiger partial charge in [0.2, 0.25) is 11.8 Å². The van der Waals surface area contributed by atoms with Crippen LogP contribution in [0.4, 0.5) is 0 Å². The van der Waals surface area contributed by atoms with Crippen LogP contribution in [0.3, 0.4) is 0 Å². The molecule has 0 saturated heterocycles. The minimum atomic E-state index is -1.03. The molecule has 9 nitrogen and oxygen atoms in total. The number of carbonyl (C=O) groups is 3. The van der Waals surface area contributed by atoms with E-state index in [-0.39, 0.29) is 23.3 Å². The summed E-state index contributed by atoms with van der Waals surface area (Å²) in [6.07, 6.45) is 3.68. The van der Waals surface area contributed by atoms with Gasteiger partial charge in [-0.05, 0) is 49.5 Å². The second kappa shape index (κ2) is 13.2. The van der Waals surface area contributed by atoms with Gasteiger partial charge in [-0.3, -0.25) is 9.59 Å². The van der Waals surface area contributed by atoms with Crippen LogP contribution < -0.4 is 16.0 Å². The molecule has 2 rings (SSSR count). The number of carbonyl (C=O) groups excluding carboxylic acids is 2. The second-order valence-electron chi connectivity index (χ2n) is 13.1. The summed E-state index contributed by atoms with van der Waals surface area (Å²) in [6, 6.07) is 4.46. The molecule has 1 heterocycles. The monoisotopic (exact) mass is 569 g/mol. The summed E-state index contributed by atoms with van der Waals surface area (Å²) in [6.45, 7) is 16.0. The normalized spacial score (nSPS) is 15.1. The third kappa shape index (κ3) is 7.57. The fourth-order valence-corrected chi connectivity index (χ4v) is 5.54. The number of hydrogen-bond donors (Lipinski definition) is 4. The lowest BCUT2D eigenvalue weighted by molar-refractivity contribution is -0.141. The Morgan fingerprint density at radius 2 is 1.68 bits per heavy atom. The van der Waals surface area contributed by atoms with E-state index in [4.69, 9.17) is 0 Å². The van der Waals surface area contributed by atoms with E-state index in [1.54, 1.807) is 25.1 Å². The molecule has 0 aliphatic carbocycles. The van der Waals surface area contributed by atoms with Crippen molar-refractivity contribution in [2.75, 3.05) is 21.1 Å². The SMILES string of the molecule is CNCc1ccc2c(C(C)(C)[C@H](NC)C(=O)N[C@H](C(=O)N(C)[C@H](/C=C(\C)C(=O)O)C(C)C)C(C)(C)C)cn(C)c2c1. The molecule has 3 atom stereocenters. The molecule has 0 radical (unpaired) electrons. The minimum absolute atomic E-state index is 0.0291. The van der Waals surface area contributed by atoms with Crippen LogP contribution >= 0.6 is 0 Å². The van der Waals surface area contributed by atoms with Crippen LogP contribution in [0.15, 0.2) is 36.0 Å². The molecule has 41 heavy (non-hydrogen) atoms. The topological polar surface area (TPSA) is 116 Å². The molecule has 0 spiro atoms. The number of aromatic nitrogens is 1. The first-order valence-electron chi connectivity index (χ1n) is 14.3. The molecule has 2 aromatic rings. The van der Waals surface area contributed by atoms with E-state index in [0.29, 0.717) is 0 Å². The van der Waals surface area contributed by atoms with E-state index in [1.165, 1.54) is 12.5 Å². The molecule has 0 aliphatic rings. The predicted molar refractivity (Wildman–Crippen MR) is 166 cm³/mol. The number of likely N-dealkylation sites (N-methyl/N-ethyl adjacent to an activating group) is 2. The lowest BCUT2D eigenvalue weighted by atomic mass is 9.76. The number of nitrogens with zero attached hydrogens (tertiary/aromatic N) is 2. The highest BCUT2D eigenvalue weighted by Crippen LogP contribution is 2.35. The van der Waals surface area contributed by atoms with Crippen LogP contribution in [0, 0.1) is 11.3 Å². The van der Waals surface area contributed by atoms with Gasteiger partial charge in [-0.15, -0.1) is 0 Å². The number of carboxylic acids is 1. The minimum Gasteiger partial charge on any atom is -0.478 e. The highest BCUT2D eigenvalue weighted by molar-refractivity contribution is 5.93. The number of hydrogen-bond acceptors (Lipinski definition) is 5. The molecule has 228 valence electrons. The van der Waals surface area contributed by atoms with Crippen LogP contribution in [0.5, 0.6) is 0 Å². The van der Waals surface area contributed by atoms with Crippen molar-refractivity contribution < 1.29 is 19.5 Å². The Balaban J connectivity index is 2.46. The third-order valence-electron chi connectivity index (χ3n) is 8.04. The zero-order valence-electron chi connectivity index (χ0n) is 27.0. The van der Waals surface area contributed by atoms with Gasteiger partial charge >= 0.3 is 5.97 Å². The van der Waals surface area contributed by atoms with E-state index >= 15 is 0 Å². The van der Waals surface area contributed by atoms with Gasteiger partial charge in [0.15, 0.2) is 0 Å². The summed E-state index contributed by atoms with van der Waals surface area (Å²) in [5.41, 5.74) is 2.25. The second-order valence-corrected chi connectivity index (χ2v) is 13.1. The smallest absolute Gasteiger partial charge is 0.331 e. The van der Waals surface area contributed by atoms with E-state index < -0.39 is 34.9 Å². The quantitative estimate of drug-likeness (QED) is 0.289. The largest absolute Gasteiger partial charge is 0.478 e. The summed E-state index contributed by atoms with van der Waals surface area (Å²) >= 11 is 0. The highest BCUT2D eigenvalue weighted by Gasteiger charge is 2.42. The van der Waals surface area contributed by atoms with Crippen LogP contribution in [0.1, 0.15) is 66.5 Å². The van der Waals surface area contributed by atoms with Gasteiger partial charge in [0.05, 0.1) is 12.1 Å². The molecular weight excluding hydrogens is 518 g/mol. The van der Waals surface area contributed by atoms with Crippen molar-refractivity contribution in [3.8, 4) is 0 Å². The molecular formula is C32H51N5O4. The van der Waals surface area contributed by atoms with Gasteiger partial charge in [-0.1, -0.05) is 66.7 Å². The molecule has 0 fully saturated rings. The first-order chi connectivity index (χ1) is 18.9. The van der Waals surface area contributed by atoms with E-state index in [2.05, 4.69) is 44.9 Å². The molecule has 0 saturated carbocycles. The van der Waals surface area contributed by atoms with Gasteiger partial charge in [0.1, 0.15) is 6.04 Å². The molecule has 2 amide bonds. The van der Waals surface area contributed by atoms with Crippen molar-refractivity contribution in [3.05, 3.63) is 47.2 Å². The summed E-state index contributed by atoms with van der Waals surface area (Å²) in [5.74, 6) is -1.60. The average molecular weight is 570 g/mol. The third-order valence-corrected chi connectivity index (χ3v) is 8.04. The fraction of sp³-hybridized carbons (Fsp3) is 0.594.